The topological polar surface area (TPSA) is 83.2 Å². The molecule has 0 saturated heterocycles. The molecule has 0 bridgehead atoms. The lowest BCUT2D eigenvalue weighted by atomic mass is 10.2. The van der Waals surface area contributed by atoms with E-state index in [0.29, 0.717) is 5.82 Å². The summed E-state index contributed by atoms with van der Waals surface area (Å²) in [4.78, 5) is 4.00. The fourth-order valence-electron chi connectivity index (χ4n) is 1.37. The maximum Gasteiger partial charge on any atom is 0.141 e. The van der Waals surface area contributed by atoms with Gasteiger partial charge in [-0.1, -0.05) is 0 Å². The maximum absolute atomic E-state index is 9.13. The van der Waals surface area contributed by atoms with E-state index >= 15 is 0 Å². The highest BCUT2D eigenvalue weighted by atomic mass is 16.3. The average Bonchev–Trinajstić information content (AvgIpc) is 2.99. The smallest absolute Gasteiger partial charge is 0.141 e. The second kappa shape index (κ2) is 3.43. The van der Waals surface area contributed by atoms with Crippen molar-refractivity contribution in [2.24, 2.45) is 5.84 Å². The summed E-state index contributed by atoms with van der Waals surface area (Å²) in [5, 5.41) is 12.4. The van der Waals surface area contributed by atoms with Crippen LogP contribution in [0.3, 0.4) is 0 Å². The van der Waals surface area contributed by atoms with Gasteiger partial charge in [0, 0.05) is 18.0 Å². The van der Waals surface area contributed by atoms with Crippen LogP contribution in [-0.2, 0) is 0 Å². The number of nitrogen functional groups attached to an aromatic ring is 1. The summed E-state index contributed by atoms with van der Waals surface area (Å²) in [6, 6.07) is 3.67. The Kier molecular flexibility index (Phi) is 2.26. The molecule has 5 heteroatoms. The highest BCUT2D eigenvalue weighted by Crippen LogP contribution is 2.38. The molecular weight excluding hydrogens is 180 g/mol. The molecule has 0 spiro atoms. The minimum Gasteiger partial charge on any atom is -0.394 e. The Morgan fingerprint density at radius 1 is 1.57 bits per heavy atom. The highest BCUT2D eigenvalue weighted by Gasteiger charge is 2.41. The van der Waals surface area contributed by atoms with Crippen molar-refractivity contribution in [1.29, 1.82) is 0 Å². The molecule has 2 rings (SSSR count). The number of nitrogens with one attached hydrogen (secondary N) is 2. The number of pyridine rings is 1. The summed E-state index contributed by atoms with van der Waals surface area (Å²) < 4.78 is 0. The van der Waals surface area contributed by atoms with Crippen molar-refractivity contribution in [3.8, 4) is 0 Å². The van der Waals surface area contributed by atoms with Gasteiger partial charge in [0.15, 0.2) is 0 Å². The molecule has 1 saturated carbocycles. The minimum atomic E-state index is -0.104. The van der Waals surface area contributed by atoms with Crippen molar-refractivity contribution in [3.05, 3.63) is 18.3 Å². The van der Waals surface area contributed by atoms with Gasteiger partial charge in [-0.05, 0) is 18.9 Å². The Balaban J connectivity index is 2.09. The van der Waals surface area contributed by atoms with Crippen LogP contribution in [0.5, 0.6) is 0 Å². The van der Waals surface area contributed by atoms with Gasteiger partial charge < -0.3 is 15.8 Å². The summed E-state index contributed by atoms with van der Waals surface area (Å²) >= 11 is 0. The van der Waals surface area contributed by atoms with E-state index in [1.165, 1.54) is 0 Å². The summed E-state index contributed by atoms with van der Waals surface area (Å²) in [7, 11) is 0. The molecule has 0 aliphatic heterocycles. The second-order valence-electron chi connectivity index (χ2n) is 3.64. The fraction of sp³-hybridized carbons (Fsp3) is 0.444. The number of hydrogen-bond acceptors (Lipinski definition) is 5. The average molecular weight is 194 g/mol. The lowest BCUT2D eigenvalue weighted by molar-refractivity contribution is 0.266. The van der Waals surface area contributed by atoms with Gasteiger partial charge in [0.25, 0.3) is 0 Å². The second-order valence-corrected chi connectivity index (χ2v) is 3.64. The molecule has 1 heterocycles. The minimum absolute atomic E-state index is 0.104. The van der Waals surface area contributed by atoms with Crippen LogP contribution < -0.4 is 16.6 Å². The van der Waals surface area contributed by atoms with E-state index in [2.05, 4.69) is 15.7 Å². The predicted octanol–water partition coefficient (Wildman–Crippen LogP) is 0.304. The zero-order valence-corrected chi connectivity index (χ0v) is 7.83. The maximum atomic E-state index is 9.13. The third kappa shape index (κ3) is 1.78. The van der Waals surface area contributed by atoms with Gasteiger partial charge in [-0.3, -0.25) is 0 Å². The van der Waals surface area contributed by atoms with E-state index in [4.69, 9.17) is 10.9 Å². The number of nitrogens with zero attached hydrogens (tertiary/aromatic N) is 1. The zero-order valence-electron chi connectivity index (χ0n) is 7.83. The molecule has 0 amide bonds. The standard InChI is InChI=1S/C9H14N4O/c10-13-8-5-7(1-4-11-8)12-9(6-14)2-3-9/h1,4-5,14H,2-3,6,10H2,(H2,11,12,13). The first-order valence-corrected chi connectivity index (χ1v) is 4.60. The van der Waals surface area contributed by atoms with E-state index in [-0.39, 0.29) is 12.1 Å². The molecule has 1 aliphatic carbocycles. The Morgan fingerprint density at radius 2 is 2.36 bits per heavy atom. The first kappa shape index (κ1) is 9.23. The monoisotopic (exact) mass is 194 g/mol. The molecule has 0 atom stereocenters. The quantitative estimate of drug-likeness (QED) is 0.409. The van der Waals surface area contributed by atoms with Crippen molar-refractivity contribution in [1.82, 2.24) is 4.98 Å². The van der Waals surface area contributed by atoms with Crippen molar-refractivity contribution in [3.63, 3.8) is 0 Å². The summed E-state index contributed by atoms with van der Waals surface area (Å²) in [6.07, 6.45) is 3.69. The summed E-state index contributed by atoms with van der Waals surface area (Å²) in [5.74, 6) is 5.86. The number of anilines is 2. The largest absolute Gasteiger partial charge is 0.394 e. The van der Waals surface area contributed by atoms with Crippen LogP contribution >= 0.6 is 0 Å². The molecule has 0 unspecified atom stereocenters. The molecule has 5 N–H and O–H groups in total. The van der Waals surface area contributed by atoms with Crippen molar-refractivity contribution in [2.75, 3.05) is 17.3 Å². The van der Waals surface area contributed by atoms with E-state index in [9.17, 15) is 0 Å². The van der Waals surface area contributed by atoms with Crippen LogP contribution in [0.25, 0.3) is 0 Å². The zero-order chi connectivity index (χ0) is 10.0. The SMILES string of the molecule is NNc1cc(NC2(CO)CC2)ccn1. The number of hydrogen-bond donors (Lipinski definition) is 4. The summed E-state index contributed by atoms with van der Waals surface area (Å²) in [5.41, 5.74) is 3.30. The highest BCUT2D eigenvalue weighted by molar-refractivity contribution is 5.53. The Labute approximate surface area is 82.3 Å². The van der Waals surface area contributed by atoms with Crippen LogP contribution in [0.2, 0.25) is 0 Å². The Bertz CT molecular complexity index is 324. The number of aliphatic hydroxyl groups is 1. The fourth-order valence-corrected chi connectivity index (χ4v) is 1.37. The molecule has 1 aliphatic rings. The Morgan fingerprint density at radius 3 is 2.93 bits per heavy atom. The molecule has 1 aromatic heterocycles. The molecule has 1 fully saturated rings. The van der Waals surface area contributed by atoms with Gasteiger partial charge in [-0.25, -0.2) is 10.8 Å². The number of rotatable bonds is 4. The van der Waals surface area contributed by atoms with Crippen LogP contribution in [0.15, 0.2) is 18.3 Å². The van der Waals surface area contributed by atoms with Gasteiger partial charge in [0.05, 0.1) is 12.1 Å². The van der Waals surface area contributed by atoms with E-state index in [1.807, 2.05) is 12.1 Å². The van der Waals surface area contributed by atoms with E-state index < -0.39 is 0 Å². The number of aliphatic hydroxyl groups excluding tert-OH is 1. The van der Waals surface area contributed by atoms with Gasteiger partial charge in [0.2, 0.25) is 0 Å². The molecule has 5 nitrogen and oxygen atoms in total. The number of nitrogens with two attached hydrogens (primary N) is 1. The van der Waals surface area contributed by atoms with Crippen LogP contribution in [0, 0.1) is 0 Å². The van der Waals surface area contributed by atoms with Crippen LogP contribution in [-0.4, -0.2) is 22.2 Å². The van der Waals surface area contributed by atoms with E-state index in [1.54, 1.807) is 6.20 Å². The first-order chi connectivity index (χ1) is 6.78. The molecule has 14 heavy (non-hydrogen) atoms. The summed E-state index contributed by atoms with van der Waals surface area (Å²) in [6.45, 7) is 0.167. The molecule has 76 valence electrons. The van der Waals surface area contributed by atoms with Gasteiger partial charge in [-0.15, -0.1) is 0 Å². The molecule has 0 aromatic carbocycles. The van der Waals surface area contributed by atoms with Crippen molar-refractivity contribution in [2.45, 2.75) is 18.4 Å². The molecule has 1 aromatic rings. The third-order valence-electron chi connectivity index (χ3n) is 2.47. The first-order valence-electron chi connectivity index (χ1n) is 4.60. The lowest BCUT2D eigenvalue weighted by Gasteiger charge is -2.15. The molecule has 0 radical (unpaired) electrons. The lowest BCUT2D eigenvalue weighted by Crippen LogP contribution is -2.25. The third-order valence-corrected chi connectivity index (χ3v) is 2.47. The Hall–Kier alpha value is -1.33. The van der Waals surface area contributed by atoms with E-state index in [0.717, 1.165) is 18.5 Å². The predicted molar refractivity (Wildman–Crippen MR) is 54.7 cm³/mol. The van der Waals surface area contributed by atoms with Crippen molar-refractivity contribution >= 4 is 11.5 Å². The van der Waals surface area contributed by atoms with Gasteiger partial charge >= 0.3 is 0 Å². The van der Waals surface area contributed by atoms with Gasteiger partial charge in [-0.2, -0.15) is 0 Å². The number of aromatic nitrogens is 1. The normalized spacial score (nSPS) is 17.6. The van der Waals surface area contributed by atoms with Crippen LogP contribution in [0.1, 0.15) is 12.8 Å². The molecular formula is C9H14N4O. The van der Waals surface area contributed by atoms with Crippen molar-refractivity contribution < 1.29 is 5.11 Å². The van der Waals surface area contributed by atoms with Gasteiger partial charge in [0.1, 0.15) is 5.82 Å². The number of hydrazine groups is 1. The van der Waals surface area contributed by atoms with Crippen LogP contribution in [0.4, 0.5) is 11.5 Å².